The van der Waals surface area contributed by atoms with Crippen molar-refractivity contribution in [3.05, 3.63) is 52.0 Å². The second kappa shape index (κ2) is 14.8. The van der Waals surface area contributed by atoms with E-state index in [9.17, 15) is 24.3 Å². The average molecular weight is 576 g/mol. The summed E-state index contributed by atoms with van der Waals surface area (Å²) in [4.78, 5) is 53.4. The van der Waals surface area contributed by atoms with E-state index in [4.69, 9.17) is 9.47 Å². The molecule has 0 bridgehead atoms. The highest BCUT2D eigenvalue weighted by molar-refractivity contribution is 7.09. The molecule has 2 rings (SSSR count). The molecule has 4 atom stereocenters. The Morgan fingerprint density at radius 3 is 2.23 bits per heavy atom. The van der Waals surface area contributed by atoms with Crippen LogP contribution in [0.25, 0.3) is 0 Å². The first-order valence-corrected chi connectivity index (χ1v) is 14.2. The number of benzene rings is 1. The molecule has 2 amide bonds. The molecule has 3 N–H and O–H groups in total. The Kier molecular flexibility index (Phi) is 12.1. The third-order valence-electron chi connectivity index (χ3n) is 6.03. The molecule has 0 aliphatic rings. The molecule has 2 aromatic rings. The SMILES string of the molecule is CC(=O)OC(CC(NC(=O)OC(C)(C)C)C(C)C)c1nc(C(=O)NC(Cc2ccccc2)CC(C)C(=O)O)cs1. The van der Waals surface area contributed by atoms with Gasteiger partial charge in [0, 0.05) is 30.8 Å². The number of alkyl carbamates (subject to hydrolysis) is 1. The van der Waals surface area contributed by atoms with Crippen LogP contribution in [0.2, 0.25) is 0 Å². The van der Waals surface area contributed by atoms with Crippen molar-refractivity contribution >= 4 is 35.3 Å². The lowest BCUT2D eigenvalue weighted by atomic mass is 9.96. The molecule has 0 fully saturated rings. The molecule has 0 saturated carbocycles. The van der Waals surface area contributed by atoms with Gasteiger partial charge >= 0.3 is 18.0 Å². The van der Waals surface area contributed by atoms with Gasteiger partial charge in [0.1, 0.15) is 16.3 Å². The summed E-state index contributed by atoms with van der Waals surface area (Å²) in [7, 11) is 0. The quantitative estimate of drug-likeness (QED) is 0.279. The van der Waals surface area contributed by atoms with Gasteiger partial charge in [-0.15, -0.1) is 11.3 Å². The summed E-state index contributed by atoms with van der Waals surface area (Å²) in [5.74, 6) is -2.57. The molecule has 0 aliphatic carbocycles. The van der Waals surface area contributed by atoms with Gasteiger partial charge in [-0.25, -0.2) is 9.78 Å². The van der Waals surface area contributed by atoms with Crippen molar-refractivity contribution in [3.63, 3.8) is 0 Å². The van der Waals surface area contributed by atoms with Gasteiger partial charge in [-0.2, -0.15) is 0 Å². The number of nitrogens with one attached hydrogen (secondary N) is 2. The molecule has 1 heterocycles. The summed E-state index contributed by atoms with van der Waals surface area (Å²) in [5.41, 5.74) is 0.440. The van der Waals surface area contributed by atoms with Crippen molar-refractivity contribution in [2.24, 2.45) is 11.8 Å². The fraction of sp³-hybridized carbons (Fsp3) is 0.552. The first kappa shape index (κ1) is 32.7. The maximum Gasteiger partial charge on any atom is 0.407 e. The lowest BCUT2D eigenvalue weighted by Crippen LogP contribution is -2.42. The zero-order valence-corrected chi connectivity index (χ0v) is 25.0. The number of thiazole rings is 1. The van der Waals surface area contributed by atoms with Gasteiger partial charge < -0.3 is 25.2 Å². The van der Waals surface area contributed by atoms with Crippen LogP contribution in [-0.4, -0.2) is 51.7 Å². The van der Waals surface area contributed by atoms with E-state index >= 15 is 0 Å². The number of amides is 2. The predicted octanol–water partition coefficient (Wildman–Crippen LogP) is 5.14. The highest BCUT2D eigenvalue weighted by Crippen LogP contribution is 2.29. The Hall–Kier alpha value is -3.47. The van der Waals surface area contributed by atoms with Crippen molar-refractivity contribution < 1.29 is 33.8 Å². The number of aromatic nitrogens is 1. The van der Waals surface area contributed by atoms with Gasteiger partial charge in [0.25, 0.3) is 5.91 Å². The molecule has 4 unspecified atom stereocenters. The molecule has 0 spiro atoms. The fourth-order valence-corrected chi connectivity index (χ4v) is 4.84. The summed E-state index contributed by atoms with van der Waals surface area (Å²) in [6, 6.07) is 8.68. The van der Waals surface area contributed by atoms with Gasteiger partial charge in [-0.3, -0.25) is 14.4 Å². The normalized spacial score (nSPS) is 14.5. The number of carbonyl (C=O) groups is 4. The molecule has 11 heteroatoms. The van der Waals surface area contributed by atoms with Crippen LogP contribution in [0.3, 0.4) is 0 Å². The summed E-state index contributed by atoms with van der Waals surface area (Å²) < 4.78 is 10.9. The van der Waals surface area contributed by atoms with Crippen molar-refractivity contribution in [2.75, 3.05) is 0 Å². The minimum atomic E-state index is -0.938. The first-order valence-electron chi connectivity index (χ1n) is 13.3. The summed E-state index contributed by atoms with van der Waals surface area (Å²) in [5, 5.41) is 17.2. The highest BCUT2D eigenvalue weighted by atomic mass is 32.1. The lowest BCUT2D eigenvalue weighted by molar-refractivity contribution is -0.147. The van der Waals surface area contributed by atoms with E-state index in [1.165, 1.54) is 18.3 Å². The Morgan fingerprint density at radius 2 is 1.68 bits per heavy atom. The van der Waals surface area contributed by atoms with Crippen LogP contribution < -0.4 is 10.6 Å². The molecule has 40 heavy (non-hydrogen) atoms. The minimum absolute atomic E-state index is 0.0109. The minimum Gasteiger partial charge on any atom is -0.481 e. The lowest BCUT2D eigenvalue weighted by Gasteiger charge is -2.28. The van der Waals surface area contributed by atoms with Crippen molar-refractivity contribution in [3.8, 4) is 0 Å². The number of carboxylic acids is 1. The van der Waals surface area contributed by atoms with E-state index in [-0.39, 0.29) is 24.5 Å². The van der Waals surface area contributed by atoms with Crippen LogP contribution >= 0.6 is 11.3 Å². The number of nitrogens with zero attached hydrogens (tertiary/aromatic N) is 1. The summed E-state index contributed by atoms with van der Waals surface area (Å²) in [6.45, 7) is 12.1. The molecule has 1 aromatic heterocycles. The van der Waals surface area contributed by atoms with Crippen LogP contribution in [0.4, 0.5) is 4.79 Å². The number of carboxylic acid groups (broad SMARTS) is 1. The molecule has 0 radical (unpaired) electrons. The number of hydrogen-bond donors (Lipinski definition) is 3. The summed E-state index contributed by atoms with van der Waals surface area (Å²) in [6.07, 6.45) is -0.428. The largest absolute Gasteiger partial charge is 0.481 e. The first-order chi connectivity index (χ1) is 18.6. The Balaban J connectivity index is 2.21. The Bertz CT molecular complexity index is 1140. The van der Waals surface area contributed by atoms with Gasteiger partial charge in [-0.1, -0.05) is 51.1 Å². The Labute approximate surface area is 239 Å². The van der Waals surface area contributed by atoms with E-state index in [2.05, 4.69) is 15.6 Å². The van der Waals surface area contributed by atoms with E-state index < -0.39 is 53.6 Å². The highest BCUT2D eigenvalue weighted by Gasteiger charge is 2.29. The third kappa shape index (κ3) is 11.3. The Morgan fingerprint density at radius 1 is 1.02 bits per heavy atom. The molecule has 220 valence electrons. The molecular weight excluding hydrogens is 534 g/mol. The molecule has 10 nitrogen and oxygen atoms in total. The van der Waals surface area contributed by atoms with E-state index in [0.29, 0.717) is 11.4 Å². The third-order valence-corrected chi connectivity index (χ3v) is 6.97. The molecule has 1 aromatic carbocycles. The standard InChI is InChI=1S/C29H41N3O7S/c1-17(2)22(32-28(37)39-29(5,6)7)15-24(38-19(4)33)26-31-23(16-40-26)25(34)30-21(13-18(3)27(35)36)14-20-11-9-8-10-12-20/h8-12,16-18,21-22,24H,13-15H2,1-7H3,(H,30,34)(H,32,37)(H,35,36). The van der Waals surface area contributed by atoms with Crippen LogP contribution in [0.5, 0.6) is 0 Å². The predicted molar refractivity (Wildman–Crippen MR) is 152 cm³/mol. The van der Waals surface area contributed by atoms with Gasteiger partial charge in [-0.05, 0) is 45.1 Å². The van der Waals surface area contributed by atoms with E-state index in [1.54, 1.807) is 33.1 Å². The maximum absolute atomic E-state index is 13.2. The van der Waals surface area contributed by atoms with Gasteiger partial charge in [0.15, 0.2) is 6.10 Å². The fourth-order valence-electron chi connectivity index (χ4n) is 4.01. The monoisotopic (exact) mass is 575 g/mol. The topological polar surface area (TPSA) is 144 Å². The van der Waals surface area contributed by atoms with Crippen molar-refractivity contribution in [1.29, 1.82) is 0 Å². The number of ether oxygens (including phenoxy) is 2. The second-order valence-corrected chi connectivity index (χ2v) is 12.1. The van der Waals surface area contributed by atoms with Crippen LogP contribution in [0, 0.1) is 11.8 Å². The molecule has 0 saturated heterocycles. The zero-order valence-electron chi connectivity index (χ0n) is 24.2. The molecular formula is C29H41N3O7S. The average Bonchev–Trinajstić information content (AvgIpc) is 3.32. The number of carbonyl (C=O) groups excluding carboxylic acids is 3. The van der Waals surface area contributed by atoms with Crippen molar-refractivity contribution in [2.45, 2.75) is 91.5 Å². The summed E-state index contributed by atoms with van der Waals surface area (Å²) >= 11 is 1.17. The second-order valence-electron chi connectivity index (χ2n) is 11.2. The van der Waals surface area contributed by atoms with Gasteiger partial charge in [0.05, 0.1) is 5.92 Å². The number of hydrogen-bond acceptors (Lipinski definition) is 8. The van der Waals surface area contributed by atoms with Crippen LogP contribution in [0.1, 0.15) is 88.5 Å². The van der Waals surface area contributed by atoms with E-state index in [0.717, 1.165) is 5.56 Å². The van der Waals surface area contributed by atoms with E-state index in [1.807, 2.05) is 44.2 Å². The van der Waals surface area contributed by atoms with Crippen LogP contribution in [0.15, 0.2) is 35.7 Å². The van der Waals surface area contributed by atoms with Gasteiger partial charge in [0.2, 0.25) is 0 Å². The van der Waals surface area contributed by atoms with Crippen molar-refractivity contribution in [1.82, 2.24) is 15.6 Å². The number of esters is 1. The number of rotatable bonds is 13. The zero-order chi connectivity index (χ0) is 30.0. The van der Waals surface area contributed by atoms with Crippen LogP contribution in [-0.2, 0) is 25.5 Å². The molecule has 0 aliphatic heterocycles. The maximum atomic E-state index is 13.2. The number of aliphatic carboxylic acids is 1. The smallest absolute Gasteiger partial charge is 0.407 e.